The highest BCUT2D eigenvalue weighted by Gasteiger charge is 2.30. The maximum Gasteiger partial charge on any atom is 0.195 e. The van der Waals surface area contributed by atoms with Gasteiger partial charge in [-0.25, -0.2) is 8.42 Å². The lowest BCUT2D eigenvalue weighted by Crippen LogP contribution is -2.22. The molecule has 136 valence electrons. The van der Waals surface area contributed by atoms with Crippen LogP contribution >= 0.6 is 0 Å². The number of carbonyl (C=O) groups excluding carboxylic acids is 1. The monoisotopic (exact) mass is 369 g/mol. The van der Waals surface area contributed by atoms with Crippen LogP contribution in [-0.4, -0.2) is 24.5 Å². The first-order valence-electron chi connectivity index (χ1n) is 8.83. The van der Waals surface area contributed by atoms with Gasteiger partial charge in [0.05, 0.1) is 11.1 Å². The molecule has 0 saturated heterocycles. The maximum atomic E-state index is 13.2. The molecule has 1 heterocycles. The standard InChI is InChI=1S/C21H23NO3S/c1-4-19(26(24,25)5-2)22-15(3)20(17-13-9-10-14-18(17)22)21(23)16-11-7-6-8-12-16/h6-14,19H,4-5H2,1-3H3. The van der Waals surface area contributed by atoms with Crippen LogP contribution in [0.15, 0.2) is 54.6 Å². The Hall–Kier alpha value is -2.40. The lowest BCUT2D eigenvalue weighted by molar-refractivity contribution is 0.103. The van der Waals surface area contributed by atoms with Gasteiger partial charge >= 0.3 is 0 Å². The van der Waals surface area contributed by atoms with Gasteiger partial charge in [-0.15, -0.1) is 0 Å². The van der Waals surface area contributed by atoms with Crippen molar-refractivity contribution in [3.8, 4) is 0 Å². The second kappa shape index (κ2) is 7.08. The predicted molar refractivity (Wildman–Crippen MR) is 105 cm³/mol. The van der Waals surface area contributed by atoms with E-state index in [1.807, 2.05) is 60.9 Å². The predicted octanol–water partition coefficient (Wildman–Crippen LogP) is 4.52. The molecule has 0 fully saturated rings. The smallest absolute Gasteiger partial charge is 0.195 e. The average molecular weight is 369 g/mol. The fourth-order valence-electron chi connectivity index (χ4n) is 3.57. The second-order valence-corrected chi connectivity index (χ2v) is 8.80. The molecule has 4 nitrogen and oxygen atoms in total. The lowest BCUT2D eigenvalue weighted by atomic mass is 10.0. The molecule has 0 bridgehead atoms. The number of aromatic nitrogens is 1. The summed E-state index contributed by atoms with van der Waals surface area (Å²) in [5.41, 5.74) is 2.67. The molecule has 5 heteroatoms. The number of rotatable bonds is 6. The zero-order chi connectivity index (χ0) is 18.9. The molecule has 0 radical (unpaired) electrons. The highest BCUT2D eigenvalue weighted by atomic mass is 32.2. The Kier molecular flexibility index (Phi) is 5.01. The molecular weight excluding hydrogens is 346 g/mol. The first-order valence-corrected chi connectivity index (χ1v) is 10.5. The molecule has 1 atom stereocenters. The number of carbonyl (C=O) groups is 1. The van der Waals surface area contributed by atoms with Crippen LogP contribution in [0.25, 0.3) is 10.9 Å². The average Bonchev–Trinajstić information content (AvgIpc) is 2.95. The van der Waals surface area contributed by atoms with E-state index in [9.17, 15) is 13.2 Å². The third-order valence-corrected chi connectivity index (χ3v) is 7.05. The molecular formula is C21H23NO3S. The number of para-hydroxylation sites is 1. The van der Waals surface area contributed by atoms with E-state index in [-0.39, 0.29) is 11.5 Å². The topological polar surface area (TPSA) is 56.1 Å². The molecule has 3 rings (SSSR count). The Morgan fingerprint density at radius 3 is 2.23 bits per heavy atom. The van der Waals surface area contributed by atoms with Crippen molar-refractivity contribution < 1.29 is 13.2 Å². The van der Waals surface area contributed by atoms with E-state index in [0.29, 0.717) is 23.2 Å². The van der Waals surface area contributed by atoms with Crippen LogP contribution in [0.2, 0.25) is 0 Å². The number of nitrogens with zero attached hydrogens (tertiary/aromatic N) is 1. The van der Waals surface area contributed by atoms with Crippen molar-refractivity contribution in [2.45, 2.75) is 32.6 Å². The van der Waals surface area contributed by atoms with E-state index in [2.05, 4.69) is 0 Å². The molecule has 0 N–H and O–H groups in total. The number of hydrogen-bond donors (Lipinski definition) is 0. The largest absolute Gasteiger partial charge is 0.327 e. The molecule has 2 aromatic carbocycles. The van der Waals surface area contributed by atoms with Crippen LogP contribution in [0.5, 0.6) is 0 Å². The van der Waals surface area contributed by atoms with Crippen LogP contribution in [0.3, 0.4) is 0 Å². The van der Waals surface area contributed by atoms with Crippen LogP contribution in [0.1, 0.15) is 47.3 Å². The minimum absolute atomic E-state index is 0.0689. The molecule has 0 aliphatic rings. The molecule has 0 aliphatic heterocycles. The Balaban J connectivity index is 2.31. The van der Waals surface area contributed by atoms with Crippen molar-refractivity contribution in [3.63, 3.8) is 0 Å². The fraction of sp³-hybridized carbons (Fsp3) is 0.286. The van der Waals surface area contributed by atoms with Gasteiger partial charge in [-0.1, -0.05) is 62.4 Å². The quantitative estimate of drug-likeness (QED) is 0.600. The van der Waals surface area contributed by atoms with Gasteiger partial charge in [-0.3, -0.25) is 4.79 Å². The second-order valence-electron chi connectivity index (χ2n) is 6.36. The van der Waals surface area contributed by atoms with Gasteiger partial charge in [0.2, 0.25) is 0 Å². The summed E-state index contributed by atoms with van der Waals surface area (Å²) < 4.78 is 27.2. The molecule has 1 aromatic heterocycles. The number of hydrogen-bond acceptors (Lipinski definition) is 3. The van der Waals surface area contributed by atoms with Crippen LogP contribution in [0, 0.1) is 6.92 Å². The Labute approximate surface area is 154 Å². The first kappa shape index (κ1) is 18.4. The van der Waals surface area contributed by atoms with Crippen molar-refractivity contribution in [1.82, 2.24) is 4.57 Å². The first-order chi connectivity index (χ1) is 12.4. The highest BCUT2D eigenvalue weighted by Crippen LogP contribution is 2.34. The highest BCUT2D eigenvalue weighted by molar-refractivity contribution is 7.91. The number of sulfone groups is 1. The van der Waals surface area contributed by atoms with Gasteiger partial charge in [-0.05, 0) is 19.4 Å². The maximum absolute atomic E-state index is 13.2. The van der Waals surface area contributed by atoms with Crippen molar-refractivity contribution in [2.24, 2.45) is 0 Å². The van der Waals surface area contributed by atoms with Crippen LogP contribution < -0.4 is 0 Å². The fourth-order valence-corrected chi connectivity index (χ4v) is 5.06. The minimum atomic E-state index is -3.30. The molecule has 0 aliphatic carbocycles. The van der Waals surface area contributed by atoms with E-state index in [1.54, 1.807) is 19.1 Å². The van der Waals surface area contributed by atoms with Crippen LogP contribution in [0.4, 0.5) is 0 Å². The summed E-state index contributed by atoms with van der Waals surface area (Å²) >= 11 is 0. The zero-order valence-corrected chi connectivity index (χ0v) is 16.1. The molecule has 1 unspecified atom stereocenters. The van der Waals surface area contributed by atoms with E-state index >= 15 is 0 Å². The molecule has 3 aromatic rings. The molecule has 0 spiro atoms. The van der Waals surface area contributed by atoms with Gasteiger partial charge in [0.15, 0.2) is 15.6 Å². The van der Waals surface area contributed by atoms with Gasteiger partial charge in [0, 0.05) is 22.4 Å². The summed E-state index contributed by atoms with van der Waals surface area (Å²) in [5.74, 6) is -0.0128. The van der Waals surface area contributed by atoms with Crippen molar-refractivity contribution in [2.75, 3.05) is 5.75 Å². The van der Waals surface area contributed by atoms with Gasteiger partial charge in [0.25, 0.3) is 0 Å². The third kappa shape index (κ3) is 2.97. The Bertz CT molecular complexity index is 1050. The number of ketones is 1. The SMILES string of the molecule is CCC(n1c(C)c(C(=O)c2ccccc2)c2ccccc21)S(=O)(=O)CC. The number of fused-ring (bicyclic) bond motifs is 1. The van der Waals surface area contributed by atoms with E-state index in [4.69, 9.17) is 0 Å². The van der Waals surface area contributed by atoms with Gasteiger partial charge in [0.1, 0.15) is 5.37 Å². The van der Waals surface area contributed by atoms with Crippen LogP contribution in [-0.2, 0) is 9.84 Å². The third-order valence-electron chi connectivity index (χ3n) is 4.87. The summed E-state index contributed by atoms with van der Waals surface area (Å²) in [6.45, 7) is 5.36. The summed E-state index contributed by atoms with van der Waals surface area (Å²) in [7, 11) is -3.30. The molecule has 0 amide bonds. The normalized spacial score (nSPS) is 13.0. The molecule has 26 heavy (non-hydrogen) atoms. The van der Waals surface area contributed by atoms with Crippen molar-refractivity contribution >= 4 is 26.5 Å². The Morgan fingerprint density at radius 2 is 1.62 bits per heavy atom. The molecule has 0 saturated carbocycles. The summed E-state index contributed by atoms with van der Waals surface area (Å²) in [4.78, 5) is 13.2. The summed E-state index contributed by atoms with van der Waals surface area (Å²) in [6, 6.07) is 16.6. The van der Waals surface area contributed by atoms with E-state index in [0.717, 1.165) is 10.9 Å². The minimum Gasteiger partial charge on any atom is -0.327 e. The Morgan fingerprint density at radius 1 is 1.00 bits per heavy atom. The van der Waals surface area contributed by atoms with Gasteiger partial charge in [-0.2, -0.15) is 0 Å². The van der Waals surface area contributed by atoms with E-state index < -0.39 is 15.2 Å². The summed E-state index contributed by atoms with van der Waals surface area (Å²) in [5, 5.41) is 0.123. The summed E-state index contributed by atoms with van der Waals surface area (Å²) in [6.07, 6.45) is 0.453. The van der Waals surface area contributed by atoms with E-state index in [1.165, 1.54) is 0 Å². The van der Waals surface area contributed by atoms with Crippen molar-refractivity contribution in [1.29, 1.82) is 0 Å². The lowest BCUT2D eigenvalue weighted by Gasteiger charge is -2.20. The van der Waals surface area contributed by atoms with Crippen molar-refractivity contribution in [3.05, 3.63) is 71.4 Å². The van der Waals surface area contributed by atoms with Gasteiger partial charge < -0.3 is 4.57 Å². The zero-order valence-electron chi connectivity index (χ0n) is 15.3. The number of benzene rings is 2.